The molecule has 6 heteroatoms. The van der Waals surface area contributed by atoms with Gasteiger partial charge >= 0.3 is 11.9 Å². The van der Waals surface area contributed by atoms with Crippen LogP contribution in [0.2, 0.25) is 0 Å². The molecule has 2 aliphatic rings. The van der Waals surface area contributed by atoms with Crippen molar-refractivity contribution >= 4 is 43.8 Å². The summed E-state index contributed by atoms with van der Waals surface area (Å²) < 4.78 is 12.0. The first-order valence-corrected chi connectivity index (χ1v) is 9.47. The van der Waals surface area contributed by atoms with Gasteiger partial charge in [-0.25, -0.2) is 9.59 Å². The first-order chi connectivity index (χ1) is 11.9. The zero-order valence-electron chi connectivity index (χ0n) is 13.6. The van der Waals surface area contributed by atoms with E-state index in [4.69, 9.17) is 9.47 Å². The molecule has 25 heavy (non-hydrogen) atoms. The van der Waals surface area contributed by atoms with E-state index in [1.165, 1.54) is 0 Å². The number of carbonyl (C=O) groups excluding carboxylic acids is 2. The summed E-state index contributed by atoms with van der Waals surface area (Å²) in [5.74, 6) is -0.412. The van der Waals surface area contributed by atoms with Gasteiger partial charge in [0.05, 0.1) is 17.7 Å². The molecule has 4 rings (SSSR count). The van der Waals surface area contributed by atoms with Crippen LogP contribution in [0.15, 0.2) is 45.3 Å². The number of hydrogen-bond acceptors (Lipinski definition) is 4. The fourth-order valence-electron chi connectivity index (χ4n) is 2.83. The third kappa shape index (κ3) is 4.30. The second-order valence-corrected chi connectivity index (χ2v) is 7.74. The Morgan fingerprint density at radius 3 is 2.20 bits per heavy atom. The minimum absolute atomic E-state index is 0.00528. The van der Waals surface area contributed by atoms with Gasteiger partial charge in [0.15, 0.2) is 0 Å². The van der Waals surface area contributed by atoms with E-state index in [2.05, 4.69) is 31.9 Å². The minimum atomic E-state index is -0.207. The summed E-state index contributed by atoms with van der Waals surface area (Å²) in [7, 11) is 0. The van der Waals surface area contributed by atoms with Gasteiger partial charge in [0.2, 0.25) is 0 Å². The molecule has 130 valence electrons. The Hall–Kier alpha value is -1.66. The van der Waals surface area contributed by atoms with Crippen molar-refractivity contribution in [3.05, 3.63) is 67.6 Å². The molecule has 2 aliphatic heterocycles. The number of fused-ring (bicyclic) bond motifs is 2. The number of hydrogen-bond donors (Lipinski definition) is 0. The van der Waals surface area contributed by atoms with E-state index in [9.17, 15) is 9.59 Å². The van der Waals surface area contributed by atoms with E-state index in [0.29, 0.717) is 17.7 Å². The number of cyclic esters (lactones) is 2. The molecule has 2 aromatic rings. The van der Waals surface area contributed by atoms with Crippen LogP contribution < -0.4 is 0 Å². The standard InChI is InChI=1S/C10H9BrO2.C9H7BrO2/c1-6-4-7-5-8(11)2-3-9(7)10(12)13-6;10-7-1-2-8-6(5-7)3-4-12-9(8)11/h2-3,5-6H,4H2,1H3;1-2,5H,3-4H2/t6-;/m1./s1. The van der Waals surface area contributed by atoms with E-state index in [1.807, 2.05) is 31.2 Å². The normalized spacial score (nSPS) is 18.1. The Labute approximate surface area is 162 Å². The summed E-state index contributed by atoms with van der Waals surface area (Å²) in [6, 6.07) is 11.2. The topological polar surface area (TPSA) is 52.6 Å². The van der Waals surface area contributed by atoms with Crippen LogP contribution in [0.4, 0.5) is 0 Å². The summed E-state index contributed by atoms with van der Waals surface area (Å²) in [5, 5.41) is 0. The van der Waals surface area contributed by atoms with Crippen LogP contribution in [-0.2, 0) is 22.3 Å². The zero-order chi connectivity index (χ0) is 18.0. The van der Waals surface area contributed by atoms with Crippen molar-refractivity contribution in [3.8, 4) is 0 Å². The highest BCUT2D eigenvalue weighted by Crippen LogP contribution is 2.24. The van der Waals surface area contributed by atoms with Crippen molar-refractivity contribution in [1.82, 2.24) is 0 Å². The number of benzene rings is 2. The maximum absolute atomic E-state index is 11.4. The number of ether oxygens (including phenoxy) is 2. The van der Waals surface area contributed by atoms with Crippen molar-refractivity contribution < 1.29 is 19.1 Å². The SMILES string of the molecule is C[C@@H]1Cc2cc(Br)ccc2C(=O)O1.O=C1OCCc2cc(Br)ccc21. The van der Waals surface area contributed by atoms with Gasteiger partial charge in [0.25, 0.3) is 0 Å². The number of halogens is 2. The minimum Gasteiger partial charge on any atom is -0.462 e. The Morgan fingerprint density at radius 2 is 1.52 bits per heavy atom. The Kier molecular flexibility index (Phi) is 5.59. The molecule has 0 radical (unpaired) electrons. The predicted molar refractivity (Wildman–Crippen MR) is 101 cm³/mol. The van der Waals surface area contributed by atoms with Gasteiger partial charge in [-0.2, -0.15) is 0 Å². The highest BCUT2D eigenvalue weighted by Gasteiger charge is 2.23. The lowest BCUT2D eigenvalue weighted by Gasteiger charge is -2.21. The molecule has 0 aliphatic carbocycles. The molecule has 0 fully saturated rings. The van der Waals surface area contributed by atoms with E-state index in [1.54, 1.807) is 12.1 Å². The lowest BCUT2D eigenvalue weighted by molar-refractivity contribution is 0.0300. The first kappa shape index (κ1) is 18.1. The number of carbonyl (C=O) groups is 2. The van der Waals surface area contributed by atoms with Crippen molar-refractivity contribution in [3.63, 3.8) is 0 Å². The first-order valence-electron chi connectivity index (χ1n) is 7.89. The monoisotopic (exact) mass is 466 g/mol. The van der Waals surface area contributed by atoms with Crippen LogP contribution in [-0.4, -0.2) is 24.6 Å². The van der Waals surface area contributed by atoms with E-state index < -0.39 is 0 Å². The van der Waals surface area contributed by atoms with Crippen molar-refractivity contribution in [2.24, 2.45) is 0 Å². The van der Waals surface area contributed by atoms with Gasteiger partial charge in [-0.15, -0.1) is 0 Å². The van der Waals surface area contributed by atoms with E-state index in [-0.39, 0.29) is 18.0 Å². The maximum Gasteiger partial charge on any atom is 0.338 e. The third-order valence-electron chi connectivity index (χ3n) is 3.99. The second-order valence-electron chi connectivity index (χ2n) is 5.91. The Morgan fingerprint density at radius 1 is 0.920 bits per heavy atom. The molecule has 0 saturated carbocycles. The number of rotatable bonds is 0. The van der Waals surface area contributed by atoms with E-state index in [0.717, 1.165) is 32.9 Å². The highest BCUT2D eigenvalue weighted by molar-refractivity contribution is 9.10. The third-order valence-corrected chi connectivity index (χ3v) is 4.98. The second kappa shape index (κ2) is 7.70. The smallest absolute Gasteiger partial charge is 0.338 e. The van der Waals surface area contributed by atoms with Crippen molar-refractivity contribution in [2.75, 3.05) is 6.61 Å². The summed E-state index contributed by atoms with van der Waals surface area (Å²) >= 11 is 6.74. The Bertz CT molecular complexity index is 832. The van der Waals surface area contributed by atoms with Gasteiger partial charge in [0.1, 0.15) is 6.10 Å². The summed E-state index contributed by atoms with van der Waals surface area (Å²) in [6.07, 6.45) is 1.62. The summed E-state index contributed by atoms with van der Waals surface area (Å²) in [5.41, 5.74) is 3.53. The molecule has 0 N–H and O–H groups in total. The molecule has 0 saturated heterocycles. The molecule has 2 heterocycles. The van der Waals surface area contributed by atoms with Crippen LogP contribution in [0.1, 0.15) is 38.8 Å². The molecule has 0 aromatic heterocycles. The average molecular weight is 468 g/mol. The van der Waals surface area contributed by atoms with Gasteiger partial charge in [0, 0.05) is 21.8 Å². The van der Waals surface area contributed by atoms with Crippen molar-refractivity contribution in [1.29, 1.82) is 0 Å². The molecule has 4 nitrogen and oxygen atoms in total. The molecule has 0 unspecified atom stereocenters. The largest absolute Gasteiger partial charge is 0.462 e. The van der Waals surface area contributed by atoms with Crippen LogP contribution in [0.5, 0.6) is 0 Å². The fraction of sp³-hybridized carbons (Fsp3) is 0.263. The molecule has 0 amide bonds. The highest BCUT2D eigenvalue weighted by atomic mass is 79.9. The maximum atomic E-state index is 11.4. The van der Waals surface area contributed by atoms with Crippen LogP contribution in [0.25, 0.3) is 0 Å². The predicted octanol–water partition coefficient (Wildman–Crippen LogP) is 4.71. The van der Waals surface area contributed by atoms with Gasteiger partial charge in [-0.05, 0) is 54.4 Å². The van der Waals surface area contributed by atoms with Crippen LogP contribution >= 0.6 is 31.9 Å². The summed E-state index contributed by atoms with van der Waals surface area (Å²) in [6.45, 7) is 2.41. The van der Waals surface area contributed by atoms with E-state index >= 15 is 0 Å². The number of esters is 2. The van der Waals surface area contributed by atoms with Gasteiger partial charge < -0.3 is 9.47 Å². The van der Waals surface area contributed by atoms with Crippen LogP contribution in [0, 0.1) is 0 Å². The Balaban J connectivity index is 0.000000146. The zero-order valence-corrected chi connectivity index (χ0v) is 16.7. The molecular formula is C19H16Br2O4. The summed E-state index contributed by atoms with van der Waals surface area (Å²) in [4.78, 5) is 22.5. The molecule has 1 atom stereocenters. The lowest BCUT2D eigenvalue weighted by Crippen LogP contribution is -2.24. The van der Waals surface area contributed by atoms with Crippen molar-refractivity contribution in [2.45, 2.75) is 25.9 Å². The molecule has 0 bridgehead atoms. The van der Waals surface area contributed by atoms with Gasteiger partial charge in [-0.3, -0.25) is 0 Å². The van der Waals surface area contributed by atoms with Crippen LogP contribution in [0.3, 0.4) is 0 Å². The molecular weight excluding hydrogens is 452 g/mol. The lowest BCUT2D eigenvalue weighted by atomic mass is 10.00. The quantitative estimate of drug-likeness (QED) is 0.526. The molecule has 2 aromatic carbocycles. The van der Waals surface area contributed by atoms with Gasteiger partial charge in [-0.1, -0.05) is 31.9 Å². The average Bonchev–Trinajstić information content (AvgIpc) is 2.54. The molecule has 0 spiro atoms. The fourth-order valence-corrected chi connectivity index (χ4v) is 3.64.